The molecule has 3 rings (SSSR count). The maximum Gasteiger partial charge on any atom is 0.291 e. The summed E-state index contributed by atoms with van der Waals surface area (Å²) in [4.78, 5) is 23.5. The van der Waals surface area contributed by atoms with Gasteiger partial charge in [0.1, 0.15) is 23.9 Å². The topological polar surface area (TPSA) is 68.5 Å². The van der Waals surface area contributed by atoms with Gasteiger partial charge in [0, 0.05) is 5.56 Å². The molecule has 0 atom stereocenters. The third kappa shape index (κ3) is 4.61. The highest BCUT2D eigenvalue weighted by molar-refractivity contribution is 6.02. The zero-order chi connectivity index (χ0) is 19.4. The van der Waals surface area contributed by atoms with Crippen LogP contribution in [0.1, 0.15) is 39.2 Å². The van der Waals surface area contributed by atoms with Crippen molar-refractivity contribution in [1.82, 2.24) is 0 Å². The molecule has 0 spiro atoms. The predicted molar refractivity (Wildman–Crippen MR) is 98.6 cm³/mol. The molecule has 0 aliphatic carbocycles. The molecule has 0 aliphatic rings. The molecule has 6 heteroatoms. The van der Waals surface area contributed by atoms with E-state index in [1.807, 2.05) is 0 Å². The number of hydrogen-bond acceptors (Lipinski definition) is 4. The number of ether oxygens (including phenoxy) is 1. The number of ketones is 1. The van der Waals surface area contributed by atoms with Crippen molar-refractivity contribution in [2.45, 2.75) is 20.5 Å². The lowest BCUT2D eigenvalue weighted by Crippen LogP contribution is -2.12. The van der Waals surface area contributed by atoms with Crippen molar-refractivity contribution in [3.8, 4) is 5.75 Å². The molecule has 0 unspecified atom stereocenters. The summed E-state index contributed by atoms with van der Waals surface area (Å²) in [6.07, 6.45) is 0. The van der Waals surface area contributed by atoms with Gasteiger partial charge in [-0.15, -0.1) is 0 Å². The summed E-state index contributed by atoms with van der Waals surface area (Å²) in [5.74, 6) is -0.00547. The van der Waals surface area contributed by atoms with Crippen LogP contribution in [-0.4, -0.2) is 11.7 Å². The van der Waals surface area contributed by atoms with E-state index in [-0.39, 0.29) is 23.8 Å². The van der Waals surface area contributed by atoms with Crippen molar-refractivity contribution in [2.24, 2.45) is 0 Å². The maximum absolute atomic E-state index is 13.8. The minimum Gasteiger partial charge on any atom is -0.486 e. The number of halogens is 1. The van der Waals surface area contributed by atoms with E-state index in [1.165, 1.54) is 19.1 Å². The first kappa shape index (κ1) is 18.4. The van der Waals surface area contributed by atoms with E-state index in [4.69, 9.17) is 9.15 Å². The molecular formula is C21H18FNO4. The second-order valence-electron chi connectivity index (χ2n) is 6.07. The molecule has 0 fully saturated rings. The Morgan fingerprint density at radius 1 is 1.07 bits per heavy atom. The smallest absolute Gasteiger partial charge is 0.291 e. The standard InChI is InChI=1S/C21H18FNO4/c1-13-3-9-18(22)19(11-13)23-21(25)20-10-8-17(27-20)12-26-16-6-4-15(5-7-16)14(2)24/h3-11H,12H2,1-2H3,(H,23,25). The number of nitrogens with one attached hydrogen (secondary N) is 1. The van der Waals surface area contributed by atoms with Crippen LogP contribution in [0.5, 0.6) is 5.75 Å². The third-order valence-corrected chi connectivity index (χ3v) is 3.90. The molecule has 27 heavy (non-hydrogen) atoms. The van der Waals surface area contributed by atoms with E-state index in [1.54, 1.807) is 49.4 Å². The van der Waals surface area contributed by atoms with Crippen LogP contribution in [0.4, 0.5) is 10.1 Å². The van der Waals surface area contributed by atoms with Gasteiger partial charge in [-0.25, -0.2) is 4.39 Å². The molecule has 1 aromatic heterocycles. The fraction of sp³-hybridized carbons (Fsp3) is 0.143. The molecular weight excluding hydrogens is 349 g/mol. The van der Waals surface area contributed by atoms with Crippen LogP contribution < -0.4 is 10.1 Å². The molecule has 1 amide bonds. The molecule has 0 aliphatic heterocycles. The summed E-state index contributed by atoms with van der Waals surface area (Å²) in [7, 11) is 0. The monoisotopic (exact) mass is 367 g/mol. The van der Waals surface area contributed by atoms with Gasteiger partial charge in [0.25, 0.3) is 5.91 Å². The van der Waals surface area contributed by atoms with Crippen LogP contribution in [0.25, 0.3) is 0 Å². The Bertz CT molecular complexity index is 976. The third-order valence-electron chi connectivity index (χ3n) is 3.90. The van der Waals surface area contributed by atoms with Crippen molar-refractivity contribution < 1.29 is 23.1 Å². The first-order valence-corrected chi connectivity index (χ1v) is 8.32. The number of amides is 1. The quantitative estimate of drug-likeness (QED) is 0.638. The van der Waals surface area contributed by atoms with Gasteiger partial charge >= 0.3 is 0 Å². The highest BCUT2D eigenvalue weighted by Crippen LogP contribution is 2.19. The Hall–Kier alpha value is -3.41. The summed E-state index contributed by atoms with van der Waals surface area (Å²) < 4.78 is 24.8. The highest BCUT2D eigenvalue weighted by Gasteiger charge is 2.14. The molecule has 3 aromatic rings. The lowest BCUT2D eigenvalue weighted by molar-refractivity contribution is 0.0990. The molecule has 1 heterocycles. The molecule has 0 saturated heterocycles. The Morgan fingerprint density at radius 3 is 2.52 bits per heavy atom. The number of carbonyl (C=O) groups is 2. The highest BCUT2D eigenvalue weighted by atomic mass is 19.1. The maximum atomic E-state index is 13.8. The number of aryl methyl sites for hydroxylation is 1. The fourth-order valence-electron chi connectivity index (χ4n) is 2.44. The number of furan rings is 1. The average molecular weight is 367 g/mol. The largest absolute Gasteiger partial charge is 0.486 e. The summed E-state index contributed by atoms with van der Waals surface area (Å²) >= 11 is 0. The van der Waals surface area contributed by atoms with Crippen LogP contribution in [0, 0.1) is 12.7 Å². The van der Waals surface area contributed by atoms with Crippen molar-refractivity contribution in [2.75, 3.05) is 5.32 Å². The van der Waals surface area contributed by atoms with E-state index < -0.39 is 11.7 Å². The van der Waals surface area contributed by atoms with E-state index in [2.05, 4.69) is 5.32 Å². The summed E-state index contributed by atoms with van der Waals surface area (Å²) in [6.45, 7) is 3.42. The number of carbonyl (C=O) groups excluding carboxylic acids is 2. The van der Waals surface area contributed by atoms with Crippen molar-refractivity contribution in [1.29, 1.82) is 0 Å². The molecule has 138 valence electrons. The van der Waals surface area contributed by atoms with Gasteiger partial charge in [-0.1, -0.05) is 6.07 Å². The van der Waals surface area contributed by atoms with Gasteiger partial charge in [-0.2, -0.15) is 0 Å². The average Bonchev–Trinajstić information content (AvgIpc) is 3.12. The number of anilines is 1. The van der Waals surface area contributed by atoms with Gasteiger partial charge < -0.3 is 14.5 Å². The van der Waals surface area contributed by atoms with Crippen LogP contribution in [-0.2, 0) is 6.61 Å². The van der Waals surface area contributed by atoms with Gasteiger partial charge in [-0.05, 0) is 67.9 Å². The molecule has 5 nitrogen and oxygen atoms in total. The SMILES string of the molecule is CC(=O)c1ccc(OCc2ccc(C(=O)Nc3cc(C)ccc3F)o2)cc1. The van der Waals surface area contributed by atoms with Crippen LogP contribution >= 0.6 is 0 Å². The minimum atomic E-state index is -0.545. The fourth-order valence-corrected chi connectivity index (χ4v) is 2.44. The van der Waals surface area contributed by atoms with E-state index in [9.17, 15) is 14.0 Å². The summed E-state index contributed by atoms with van der Waals surface area (Å²) in [5, 5.41) is 2.49. The Balaban J connectivity index is 1.61. The first-order valence-electron chi connectivity index (χ1n) is 8.32. The van der Waals surface area contributed by atoms with Gasteiger partial charge in [-0.3, -0.25) is 9.59 Å². The van der Waals surface area contributed by atoms with E-state index in [0.717, 1.165) is 5.56 Å². The normalized spacial score (nSPS) is 10.5. The van der Waals surface area contributed by atoms with Gasteiger partial charge in [0.05, 0.1) is 5.69 Å². The van der Waals surface area contributed by atoms with Crippen LogP contribution in [0.15, 0.2) is 59.0 Å². The second kappa shape index (κ2) is 7.86. The lowest BCUT2D eigenvalue weighted by atomic mass is 10.1. The Labute approximate surface area is 155 Å². The lowest BCUT2D eigenvalue weighted by Gasteiger charge is -2.06. The van der Waals surface area contributed by atoms with Gasteiger partial charge in [0.2, 0.25) is 0 Å². The molecule has 1 N–H and O–H groups in total. The Morgan fingerprint density at radius 2 is 1.81 bits per heavy atom. The second-order valence-corrected chi connectivity index (χ2v) is 6.07. The minimum absolute atomic E-state index is 0.0201. The zero-order valence-corrected chi connectivity index (χ0v) is 14.9. The zero-order valence-electron chi connectivity index (χ0n) is 14.9. The molecule has 2 aromatic carbocycles. The summed E-state index contributed by atoms with van der Waals surface area (Å²) in [6, 6.07) is 14.3. The number of hydrogen-bond donors (Lipinski definition) is 1. The Kier molecular flexibility index (Phi) is 5.35. The van der Waals surface area contributed by atoms with Crippen LogP contribution in [0.2, 0.25) is 0 Å². The molecule has 0 radical (unpaired) electrons. The summed E-state index contributed by atoms with van der Waals surface area (Å²) in [5.41, 5.74) is 1.53. The van der Waals surface area contributed by atoms with Crippen molar-refractivity contribution >= 4 is 17.4 Å². The predicted octanol–water partition coefficient (Wildman–Crippen LogP) is 4.76. The number of Topliss-reactive ketones (excluding diaryl/α,β-unsaturated/α-hetero) is 1. The number of benzene rings is 2. The number of rotatable bonds is 6. The van der Waals surface area contributed by atoms with E-state index >= 15 is 0 Å². The molecule has 0 bridgehead atoms. The van der Waals surface area contributed by atoms with Crippen LogP contribution in [0.3, 0.4) is 0 Å². The van der Waals surface area contributed by atoms with Crippen molar-refractivity contribution in [3.63, 3.8) is 0 Å². The first-order chi connectivity index (χ1) is 12.9. The van der Waals surface area contributed by atoms with Crippen molar-refractivity contribution in [3.05, 3.63) is 83.1 Å². The van der Waals surface area contributed by atoms with E-state index in [0.29, 0.717) is 17.1 Å². The molecule has 0 saturated carbocycles. The van der Waals surface area contributed by atoms with Gasteiger partial charge in [0.15, 0.2) is 11.5 Å².